The smallest absolute Gasteiger partial charge is 0.0260 e. The lowest BCUT2D eigenvalue weighted by atomic mass is 9.44. The number of nitrogens with two attached hydrogens (primary N) is 2. The molecule has 0 saturated heterocycles. The van der Waals surface area contributed by atoms with Crippen molar-refractivity contribution in [1.82, 2.24) is 0 Å². The molecule has 0 aromatic heterocycles. The van der Waals surface area contributed by atoms with Gasteiger partial charge in [0.1, 0.15) is 0 Å². The van der Waals surface area contributed by atoms with Gasteiger partial charge >= 0.3 is 0 Å². The fourth-order valence-electron chi connectivity index (χ4n) is 8.90. The predicted molar refractivity (Wildman–Crippen MR) is 140 cm³/mol. The van der Waals surface area contributed by atoms with Crippen molar-refractivity contribution in [1.29, 1.82) is 0 Å². The number of hydrogen-bond acceptors (Lipinski definition) is 2. The van der Waals surface area contributed by atoms with E-state index in [1.54, 1.807) is 11.1 Å². The van der Waals surface area contributed by atoms with Crippen LogP contribution < -0.4 is 11.5 Å². The molecule has 7 atom stereocenters. The number of allylic oxidation sites excluding steroid dienone is 3. The first-order valence-electron chi connectivity index (χ1n) is 14.0. The highest BCUT2D eigenvalue weighted by atomic mass is 14.9. The third-order valence-electron chi connectivity index (χ3n) is 11.0. The van der Waals surface area contributed by atoms with Crippen LogP contribution in [-0.4, -0.2) is 12.6 Å². The summed E-state index contributed by atoms with van der Waals surface area (Å²) in [6, 6.07) is 0. The van der Waals surface area contributed by atoms with Crippen LogP contribution in [0.3, 0.4) is 0 Å². The number of fused-ring (bicyclic) bond motifs is 5. The molecule has 2 nitrogen and oxygen atoms in total. The minimum absolute atomic E-state index is 0.0475. The predicted octanol–water partition coefficient (Wildman–Crippen LogP) is 7.77. The summed E-state index contributed by atoms with van der Waals surface area (Å²) >= 11 is 0. The van der Waals surface area contributed by atoms with E-state index in [2.05, 4.69) is 52.5 Å². The average molecular weight is 443 g/mol. The Kier molecular flexibility index (Phi) is 8.41. The number of rotatable bonds is 6. The maximum atomic E-state index is 7.53. The summed E-state index contributed by atoms with van der Waals surface area (Å²) in [5.74, 6) is 3.14. The molecule has 0 spiro atoms. The lowest BCUT2D eigenvalue weighted by molar-refractivity contribution is -0.0631. The van der Waals surface area contributed by atoms with Crippen molar-refractivity contribution in [3.63, 3.8) is 0 Å². The van der Waals surface area contributed by atoms with Gasteiger partial charge in [0.15, 0.2) is 0 Å². The molecular formula is C30H54N2. The Morgan fingerprint density at radius 1 is 1.03 bits per heavy atom. The van der Waals surface area contributed by atoms with Crippen LogP contribution in [0, 0.1) is 34.5 Å². The first-order valence-corrected chi connectivity index (χ1v) is 14.0. The second-order valence-corrected chi connectivity index (χ2v) is 12.2. The zero-order chi connectivity index (χ0) is 23.6. The Balaban J connectivity index is 0.00000141. The summed E-state index contributed by atoms with van der Waals surface area (Å²) in [6.07, 6.45) is 22.9. The Labute approximate surface area is 200 Å². The van der Waals surface area contributed by atoms with Gasteiger partial charge in [-0.15, -0.1) is 0 Å². The molecule has 0 bridgehead atoms. The highest BCUT2D eigenvalue weighted by molar-refractivity contribution is 5.31. The van der Waals surface area contributed by atoms with Crippen LogP contribution in [0.1, 0.15) is 118 Å². The summed E-state index contributed by atoms with van der Waals surface area (Å²) in [5, 5.41) is 0. The number of hydrogen-bond donors (Lipinski definition) is 2. The van der Waals surface area contributed by atoms with Gasteiger partial charge in [0.05, 0.1) is 0 Å². The van der Waals surface area contributed by atoms with Gasteiger partial charge in [-0.25, -0.2) is 0 Å². The van der Waals surface area contributed by atoms with Gasteiger partial charge in [0.25, 0.3) is 0 Å². The Bertz CT molecular complexity index is 693. The second kappa shape index (κ2) is 10.3. The van der Waals surface area contributed by atoms with E-state index in [0.29, 0.717) is 16.7 Å². The van der Waals surface area contributed by atoms with E-state index >= 15 is 0 Å². The SMILES string of the molecule is C/C=C(/C)C1CCC2(C)C(=CCC3(N)C2CCC2(C)C(CCCCCC)CCC23)C1.CN. The lowest BCUT2D eigenvalue weighted by Gasteiger charge is -2.63. The van der Waals surface area contributed by atoms with Crippen molar-refractivity contribution < 1.29 is 0 Å². The normalized spacial score (nSPS) is 43.4. The molecule has 2 heteroatoms. The van der Waals surface area contributed by atoms with Crippen LogP contribution in [-0.2, 0) is 0 Å². The molecule has 184 valence electrons. The molecule has 7 unspecified atom stereocenters. The molecule has 4 N–H and O–H groups in total. The fraction of sp³-hybridized carbons (Fsp3) is 0.867. The van der Waals surface area contributed by atoms with Gasteiger partial charge in [-0.3, -0.25) is 0 Å². The molecule has 3 saturated carbocycles. The maximum absolute atomic E-state index is 7.53. The molecule has 3 fully saturated rings. The molecule has 0 heterocycles. The highest BCUT2D eigenvalue weighted by Crippen LogP contribution is 2.67. The van der Waals surface area contributed by atoms with Gasteiger partial charge in [-0.05, 0) is 113 Å². The molecule has 4 rings (SSSR count). The van der Waals surface area contributed by atoms with Crippen LogP contribution >= 0.6 is 0 Å². The van der Waals surface area contributed by atoms with E-state index in [1.165, 1.54) is 84.1 Å². The molecule has 0 aromatic carbocycles. The quantitative estimate of drug-likeness (QED) is 0.326. The highest BCUT2D eigenvalue weighted by Gasteiger charge is 2.63. The monoisotopic (exact) mass is 442 g/mol. The van der Waals surface area contributed by atoms with Gasteiger partial charge in [-0.2, -0.15) is 0 Å². The zero-order valence-electron chi connectivity index (χ0n) is 22.3. The molecule has 0 radical (unpaired) electrons. The second-order valence-electron chi connectivity index (χ2n) is 12.2. The van der Waals surface area contributed by atoms with Crippen molar-refractivity contribution in [2.75, 3.05) is 7.05 Å². The Morgan fingerprint density at radius 2 is 1.78 bits per heavy atom. The minimum Gasteiger partial charge on any atom is -0.333 e. The zero-order valence-corrected chi connectivity index (χ0v) is 22.3. The van der Waals surface area contributed by atoms with Crippen LogP contribution in [0.15, 0.2) is 23.3 Å². The van der Waals surface area contributed by atoms with Crippen molar-refractivity contribution in [3.05, 3.63) is 23.3 Å². The van der Waals surface area contributed by atoms with Gasteiger partial charge in [-0.1, -0.05) is 69.8 Å². The first-order chi connectivity index (χ1) is 15.3. The Hall–Kier alpha value is -0.600. The van der Waals surface area contributed by atoms with E-state index < -0.39 is 0 Å². The van der Waals surface area contributed by atoms with Crippen molar-refractivity contribution in [2.45, 2.75) is 124 Å². The standard InChI is InChI=1S/C29H49N.CH5N/c1-6-8-9-10-11-23-12-13-25-27(23,4)18-16-26-28(5)17-14-22(21(3)7-2)20-24(28)15-19-29(25,26)30;1-2/h7,15,22-23,25-26H,6,8-14,16-20,30H2,1-5H3;2H2,1H3/b21-7-;. The van der Waals surface area contributed by atoms with Gasteiger partial charge in [0, 0.05) is 5.54 Å². The summed E-state index contributed by atoms with van der Waals surface area (Å²) in [7, 11) is 1.50. The largest absolute Gasteiger partial charge is 0.333 e. The molecular weight excluding hydrogens is 388 g/mol. The van der Waals surface area contributed by atoms with E-state index in [-0.39, 0.29) is 5.54 Å². The molecule has 4 aliphatic rings. The third kappa shape index (κ3) is 4.28. The third-order valence-corrected chi connectivity index (χ3v) is 11.0. The topological polar surface area (TPSA) is 52.0 Å². The molecule has 0 aliphatic heterocycles. The van der Waals surface area contributed by atoms with Crippen LogP contribution in [0.2, 0.25) is 0 Å². The van der Waals surface area contributed by atoms with Gasteiger partial charge < -0.3 is 11.5 Å². The molecule has 0 amide bonds. The van der Waals surface area contributed by atoms with Crippen LogP contribution in [0.4, 0.5) is 0 Å². The molecule has 32 heavy (non-hydrogen) atoms. The maximum Gasteiger partial charge on any atom is 0.0260 e. The Morgan fingerprint density at radius 3 is 2.47 bits per heavy atom. The summed E-state index contributed by atoms with van der Waals surface area (Å²) in [5.41, 5.74) is 16.3. The number of unbranched alkanes of at least 4 members (excludes halogenated alkanes) is 3. The minimum atomic E-state index is 0.0475. The van der Waals surface area contributed by atoms with Crippen molar-refractivity contribution in [3.8, 4) is 0 Å². The van der Waals surface area contributed by atoms with E-state index in [9.17, 15) is 0 Å². The van der Waals surface area contributed by atoms with Crippen molar-refractivity contribution >= 4 is 0 Å². The summed E-state index contributed by atoms with van der Waals surface area (Å²) in [6.45, 7) is 12.1. The summed E-state index contributed by atoms with van der Waals surface area (Å²) < 4.78 is 0. The summed E-state index contributed by atoms with van der Waals surface area (Å²) in [4.78, 5) is 0. The fourth-order valence-corrected chi connectivity index (χ4v) is 8.90. The lowest BCUT2D eigenvalue weighted by Crippen LogP contribution is -2.66. The molecule has 0 aromatic rings. The van der Waals surface area contributed by atoms with Gasteiger partial charge in [0.2, 0.25) is 0 Å². The van der Waals surface area contributed by atoms with Crippen molar-refractivity contribution in [2.24, 2.45) is 46.0 Å². The van der Waals surface area contributed by atoms with E-state index in [0.717, 1.165) is 24.2 Å². The van der Waals surface area contributed by atoms with Crippen LogP contribution in [0.25, 0.3) is 0 Å². The van der Waals surface area contributed by atoms with Crippen LogP contribution in [0.5, 0.6) is 0 Å². The van der Waals surface area contributed by atoms with E-state index in [1.807, 2.05) is 0 Å². The molecule has 4 aliphatic carbocycles. The average Bonchev–Trinajstić information content (AvgIpc) is 3.14. The first kappa shape index (κ1) is 26.0. The van der Waals surface area contributed by atoms with E-state index in [4.69, 9.17) is 5.73 Å².